The van der Waals surface area contributed by atoms with E-state index in [9.17, 15) is 9.90 Å². The minimum Gasteiger partial charge on any atom is -0.505 e. The number of nitrogens with zero attached hydrogens (tertiary/aromatic N) is 1. The Balaban J connectivity index is 2.18. The molecule has 5 heteroatoms. The Bertz CT molecular complexity index is 875. The number of benzene rings is 2. The van der Waals surface area contributed by atoms with Gasteiger partial charge in [0.05, 0.1) is 12.8 Å². The molecule has 0 bridgehead atoms. The molecule has 1 heterocycles. The fraction of sp³-hybridized carbons (Fsp3) is 0.111. The molecule has 0 saturated carbocycles. The molecule has 0 unspecified atom stereocenters. The summed E-state index contributed by atoms with van der Waals surface area (Å²) in [4.78, 5) is 15.9. The van der Waals surface area contributed by atoms with Gasteiger partial charge in [-0.05, 0) is 25.1 Å². The number of aromatic nitrogens is 1. The van der Waals surface area contributed by atoms with Gasteiger partial charge < -0.3 is 14.6 Å². The number of pyridine rings is 1. The lowest BCUT2D eigenvalue weighted by Crippen LogP contribution is -2.06. The molecule has 0 saturated heterocycles. The molecule has 23 heavy (non-hydrogen) atoms. The van der Waals surface area contributed by atoms with Crippen LogP contribution in [0.1, 0.15) is 16.2 Å². The number of methoxy groups -OCH3 is 1. The summed E-state index contributed by atoms with van der Waals surface area (Å²) in [6.45, 7) is 1.76. The van der Waals surface area contributed by atoms with E-state index in [4.69, 9.17) is 4.74 Å². The summed E-state index contributed by atoms with van der Waals surface area (Å²) in [7, 11) is 1.25. The first-order chi connectivity index (χ1) is 11.1. The van der Waals surface area contributed by atoms with Gasteiger partial charge >= 0.3 is 5.97 Å². The molecule has 0 spiro atoms. The Hall–Kier alpha value is -3.08. The van der Waals surface area contributed by atoms with Gasteiger partial charge in [-0.1, -0.05) is 30.3 Å². The topological polar surface area (TPSA) is 68.7 Å². The summed E-state index contributed by atoms with van der Waals surface area (Å²) < 4.78 is 10.5. The average molecular weight is 309 g/mol. The lowest BCUT2D eigenvalue weighted by atomic mass is 10.1. The van der Waals surface area contributed by atoms with E-state index in [1.807, 2.05) is 30.3 Å². The van der Waals surface area contributed by atoms with Gasteiger partial charge in [0.1, 0.15) is 11.5 Å². The van der Waals surface area contributed by atoms with E-state index in [0.717, 1.165) is 0 Å². The number of hydrogen-bond acceptors (Lipinski definition) is 5. The Morgan fingerprint density at radius 3 is 2.52 bits per heavy atom. The highest BCUT2D eigenvalue weighted by Gasteiger charge is 2.20. The highest BCUT2D eigenvalue weighted by Crippen LogP contribution is 2.37. The molecule has 5 nitrogen and oxygen atoms in total. The molecule has 1 aromatic heterocycles. The van der Waals surface area contributed by atoms with Crippen LogP contribution in [-0.2, 0) is 4.74 Å². The SMILES string of the molecule is COC(=O)c1nc(C)c2c(Oc3ccccc3)cccc2c1O. The second kappa shape index (κ2) is 5.96. The molecule has 3 aromatic rings. The first-order valence-electron chi connectivity index (χ1n) is 7.05. The van der Waals surface area contributed by atoms with Crippen LogP contribution >= 0.6 is 0 Å². The van der Waals surface area contributed by atoms with Gasteiger partial charge in [0.15, 0.2) is 11.4 Å². The van der Waals surface area contributed by atoms with Crippen LogP contribution in [0.25, 0.3) is 10.8 Å². The van der Waals surface area contributed by atoms with E-state index >= 15 is 0 Å². The molecule has 3 rings (SSSR count). The molecule has 0 fully saturated rings. The van der Waals surface area contributed by atoms with Crippen LogP contribution in [0.4, 0.5) is 0 Å². The Morgan fingerprint density at radius 1 is 1.09 bits per heavy atom. The fourth-order valence-corrected chi connectivity index (χ4v) is 2.45. The molecule has 0 aliphatic heterocycles. The maximum Gasteiger partial charge on any atom is 0.360 e. The van der Waals surface area contributed by atoms with E-state index in [1.165, 1.54) is 7.11 Å². The molecule has 2 aromatic carbocycles. The smallest absolute Gasteiger partial charge is 0.360 e. The summed E-state index contributed by atoms with van der Waals surface area (Å²) in [6.07, 6.45) is 0. The van der Waals surface area contributed by atoms with Gasteiger partial charge in [-0.3, -0.25) is 0 Å². The molecule has 1 N–H and O–H groups in total. The molecule has 0 amide bonds. The number of esters is 1. The van der Waals surface area contributed by atoms with Crippen LogP contribution < -0.4 is 4.74 Å². The van der Waals surface area contributed by atoms with Crippen molar-refractivity contribution in [3.63, 3.8) is 0 Å². The van der Waals surface area contributed by atoms with Gasteiger partial charge in [0, 0.05) is 10.8 Å². The van der Waals surface area contributed by atoms with Crippen molar-refractivity contribution in [1.29, 1.82) is 0 Å². The van der Waals surface area contributed by atoms with Gasteiger partial charge in [-0.2, -0.15) is 0 Å². The second-order valence-electron chi connectivity index (χ2n) is 4.98. The van der Waals surface area contributed by atoms with E-state index in [1.54, 1.807) is 25.1 Å². The second-order valence-corrected chi connectivity index (χ2v) is 4.98. The maximum absolute atomic E-state index is 11.7. The third kappa shape index (κ3) is 2.68. The van der Waals surface area contributed by atoms with Crippen LogP contribution in [0.5, 0.6) is 17.2 Å². The van der Waals surface area contributed by atoms with Crippen molar-refractivity contribution in [1.82, 2.24) is 4.98 Å². The number of aryl methyl sites for hydroxylation is 1. The number of hydrogen-bond donors (Lipinski definition) is 1. The normalized spacial score (nSPS) is 10.5. The standard InChI is InChI=1S/C18H15NO4/c1-11-15-13(17(20)16(19-11)18(21)22-2)9-6-10-14(15)23-12-7-4-3-5-8-12/h3-10,20H,1-2H3. The summed E-state index contributed by atoms with van der Waals surface area (Å²) in [5, 5.41) is 11.5. The number of ether oxygens (including phenoxy) is 2. The van der Waals surface area contributed by atoms with Crippen molar-refractivity contribution in [2.45, 2.75) is 6.92 Å². The van der Waals surface area contributed by atoms with E-state index < -0.39 is 5.97 Å². The molecule has 116 valence electrons. The molecular weight excluding hydrogens is 294 g/mol. The molecule has 0 aliphatic carbocycles. The molecular formula is C18H15NO4. The lowest BCUT2D eigenvalue weighted by Gasteiger charge is -2.13. The highest BCUT2D eigenvalue weighted by atomic mass is 16.5. The van der Waals surface area contributed by atoms with Crippen molar-refractivity contribution < 1.29 is 19.4 Å². The first kappa shape index (κ1) is 14.8. The van der Waals surface area contributed by atoms with Crippen molar-refractivity contribution in [3.8, 4) is 17.2 Å². The Kier molecular flexibility index (Phi) is 3.85. The van der Waals surface area contributed by atoms with Gasteiger partial charge in [0.2, 0.25) is 0 Å². The predicted molar refractivity (Wildman–Crippen MR) is 86.0 cm³/mol. The van der Waals surface area contributed by atoms with Gasteiger partial charge in [0.25, 0.3) is 0 Å². The van der Waals surface area contributed by atoms with Crippen LogP contribution in [0.2, 0.25) is 0 Å². The third-order valence-electron chi connectivity index (χ3n) is 3.50. The van der Waals surface area contributed by atoms with E-state index in [0.29, 0.717) is 28.0 Å². The number of carbonyl (C=O) groups is 1. The van der Waals surface area contributed by atoms with Crippen molar-refractivity contribution >= 4 is 16.7 Å². The zero-order chi connectivity index (χ0) is 16.4. The third-order valence-corrected chi connectivity index (χ3v) is 3.50. The molecule has 0 atom stereocenters. The quantitative estimate of drug-likeness (QED) is 0.745. The van der Waals surface area contributed by atoms with Crippen LogP contribution in [0.3, 0.4) is 0 Å². The van der Waals surface area contributed by atoms with Gasteiger partial charge in [-0.25, -0.2) is 9.78 Å². The van der Waals surface area contributed by atoms with Crippen LogP contribution in [0.15, 0.2) is 48.5 Å². The predicted octanol–water partition coefficient (Wildman–Crippen LogP) is 3.83. The zero-order valence-corrected chi connectivity index (χ0v) is 12.7. The van der Waals surface area contributed by atoms with E-state index in [-0.39, 0.29) is 11.4 Å². The monoisotopic (exact) mass is 309 g/mol. The van der Waals surface area contributed by atoms with Crippen molar-refractivity contribution in [2.24, 2.45) is 0 Å². The number of carbonyl (C=O) groups excluding carboxylic acids is 1. The van der Waals surface area contributed by atoms with Crippen molar-refractivity contribution in [2.75, 3.05) is 7.11 Å². The number of fused-ring (bicyclic) bond motifs is 1. The van der Waals surface area contributed by atoms with Gasteiger partial charge in [-0.15, -0.1) is 0 Å². The van der Waals surface area contributed by atoms with E-state index in [2.05, 4.69) is 9.72 Å². The number of aromatic hydroxyl groups is 1. The summed E-state index contributed by atoms with van der Waals surface area (Å²) in [5.41, 5.74) is 0.471. The van der Waals surface area contributed by atoms with Crippen molar-refractivity contribution in [3.05, 3.63) is 59.9 Å². The average Bonchev–Trinajstić information content (AvgIpc) is 2.58. The summed E-state index contributed by atoms with van der Waals surface area (Å²) in [6, 6.07) is 14.6. The van der Waals surface area contributed by atoms with Crippen LogP contribution in [0, 0.1) is 6.92 Å². The highest BCUT2D eigenvalue weighted by molar-refractivity contribution is 6.02. The first-order valence-corrected chi connectivity index (χ1v) is 7.05. The fourth-order valence-electron chi connectivity index (χ4n) is 2.45. The minimum atomic E-state index is -0.679. The Labute approximate surface area is 133 Å². The maximum atomic E-state index is 11.7. The minimum absolute atomic E-state index is 0.102. The largest absolute Gasteiger partial charge is 0.505 e. The zero-order valence-electron chi connectivity index (χ0n) is 12.7. The number of para-hydroxylation sites is 1. The Morgan fingerprint density at radius 2 is 1.83 bits per heavy atom. The molecule has 0 aliphatic rings. The number of rotatable bonds is 3. The summed E-state index contributed by atoms with van der Waals surface area (Å²) in [5.74, 6) is 0.346. The summed E-state index contributed by atoms with van der Waals surface area (Å²) >= 11 is 0. The lowest BCUT2D eigenvalue weighted by molar-refractivity contribution is 0.0590. The molecule has 0 radical (unpaired) electrons. The van der Waals surface area contributed by atoms with Crippen LogP contribution in [-0.4, -0.2) is 23.2 Å².